The number of halogens is 2. The quantitative estimate of drug-likeness (QED) is 0.808. The summed E-state index contributed by atoms with van der Waals surface area (Å²) >= 11 is 9.79. The second-order valence-corrected chi connectivity index (χ2v) is 6.46. The van der Waals surface area contributed by atoms with Gasteiger partial charge in [-0.3, -0.25) is 0 Å². The van der Waals surface area contributed by atoms with Crippen LogP contribution in [0.3, 0.4) is 0 Å². The van der Waals surface area contributed by atoms with Crippen molar-refractivity contribution in [2.24, 2.45) is 5.92 Å². The van der Waals surface area contributed by atoms with Gasteiger partial charge in [0.25, 0.3) is 0 Å². The molecule has 2 rings (SSSR count). The Hall–Kier alpha value is -0.550. The Morgan fingerprint density at radius 3 is 2.80 bits per heavy atom. The van der Waals surface area contributed by atoms with Crippen LogP contribution in [0.1, 0.15) is 25.2 Å². The van der Waals surface area contributed by atoms with E-state index in [0.29, 0.717) is 24.1 Å². The highest BCUT2D eigenvalue weighted by Gasteiger charge is 2.18. The van der Waals surface area contributed by atoms with Gasteiger partial charge in [-0.15, -0.1) is 0 Å². The molecular formula is C15H19BrClNO2. The number of fused-ring (bicyclic) bond motifs is 1. The molecule has 0 aliphatic rings. The van der Waals surface area contributed by atoms with E-state index in [0.717, 1.165) is 33.3 Å². The maximum atomic E-state index is 6.22. The fraction of sp³-hybridized carbons (Fsp3) is 0.467. The monoisotopic (exact) mass is 359 g/mol. The molecule has 0 atom stereocenters. The van der Waals surface area contributed by atoms with Crippen LogP contribution in [-0.2, 0) is 17.9 Å². The molecule has 0 saturated heterocycles. The second-order valence-electron chi connectivity index (χ2n) is 5.19. The highest BCUT2D eigenvalue weighted by atomic mass is 79.9. The fourth-order valence-electron chi connectivity index (χ4n) is 2.15. The van der Waals surface area contributed by atoms with Crippen molar-refractivity contribution in [2.75, 3.05) is 13.7 Å². The average molecular weight is 361 g/mol. The molecule has 0 bridgehead atoms. The maximum absolute atomic E-state index is 6.22. The Morgan fingerprint density at radius 1 is 1.40 bits per heavy atom. The van der Waals surface area contributed by atoms with Crippen molar-refractivity contribution in [2.45, 2.75) is 27.0 Å². The largest absolute Gasteiger partial charge is 0.458 e. The summed E-state index contributed by atoms with van der Waals surface area (Å²) in [5.41, 5.74) is 1.77. The Balaban J connectivity index is 2.40. The Morgan fingerprint density at radius 2 is 2.15 bits per heavy atom. The van der Waals surface area contributed by atoms with E-state index in [1.54, 1.807) is 7.11 Å². The molecular weight excluding hydrogens is 342 g/mol. The van der Waals surface area contributed by atoms with Crippen molar-refractivity contribution in [1.82, 2.24) is 5.32 Å². The lowest BCUT2D eigenvalue weighted by Crippen LogP contribution is -2.19. The third-order valence-corrected chi connectivity index (χ3v) is 4.01. The summed E-state index contributed by atoms with van der Waals surface area (Å²) < 4.78 is 12.2. The van der Waals surface area contributed by atoms with Crippen molar-refractivity contribution in [3.63, 3.8) is 0 Å². The first-order valence-electron chi connectivity index (χ1n) is 6.62. The van der Waals surface area contributed by atoms with Gasteiger partial charge in [-0.25, -0.2) is 0 Å². The van der Waals surface area contributed by atoms with Gasteiger partial charge < -0.3 is 14.5 Å². The number of hydrogen-bond acceptors (Lipinski definition) is 3. The van der Waals surface area contributed by atoms with Gasteiger partial charge in [0.15, 0.2) is 5.58 Å². The van der Waals surface area contributed by atoms with Gasteiger partial charge in [0.2, 0.25) is 0 Å². The molecule has 0 aliphatic carbocycles. The van der Waals surface area contributed by atoms with Gasteiger partial charge in [-0.2, -0.15) is 0 Å². The summed E-state index contributed by atoms with van der Waals surface area (Å²) in [6.45, 7) is 6.47. The zero-order chi connectivity index (χ0) is 14.7. The highest BCUT2D eigenvalue weighted by molar-refractivity contribution is 9.10. The van der Waals surface area contributed by atoms with Gasteiger partial charge in [-0.1, -0.05) is 41.4 Å². The maximum Gasteiger partial charge on any atom is 0.154 e. The van der Waals surface area contributed by atoms with E-state index in [4.69, 9.17) is 20.8 Å². The summed E-state index contributed by atoms with van der Waals surface area (Å²) in [7, 11) is 1.68. The average Bonchev–Trinajstić information content (AvgIpc) is 2.75. The van der Waals surface area contributed by atoms with Gasteiger partial charge in [0.1, 0.15) is 5.76 Å². The lowest BCUT2D eigenvalue weighted by molar-refractivity contribution is 0.183. The van der Waals surface area contributed by atoms with E-state index in [1.807, 2.05) is 12.1 Å². The number of ether oxygens (including phenoxy) is 1. The van der Waals surface area contributed by atoms with Crippen molar-refractivity contribution in [3.05, 3.63) is 33.0 Å². The molecule has 20 heavy (non-hydrogen) atoms. The van der Waals surface area contributed by atoms with Crippen LogP contribution in [0.5, 0.6) is 0 Å². The zero-order valence-corrected chi connectivity index (χ0v) is 14.3. The summed E-state index contributed by atoms with van der Waals surface area (Å²) in [4.78, 5) is 0. The smallest absolute Gasteiger partial charge is 0.154 e. The molecule has 1 N–H and O–H groups in total. The Labute approximate surface area is 132 Å². The SMILES string of the molecule is COCc1c(CNCC(C)C)oc2c(Cl)ccc(Br)c12. The standard InChI is InChI=1S/C15H19BrClNO2/c1-9(2)6-18-7-13-10(8-19-3)14-11(16)4-5-12(17)15(14)20-13/h4-5,9,18H,6-8H2,1-3H3. The first kappa shape index (κ1) is 15.8. The minimum absolute atomic E-state index is 0.505. The number of rotatable bonds is 6. The molecule has 110 valence electrons. The van der Waals surface area contributed by atoms with E-state index < -0.39 is 0 Å². The predicted octanol–water partition coefficient (Wildman–Crippen LogP) is 4.74. The van der Waals surface area contributed by atoms with Crippen LogP contribution in [0.15, 0.2) is 21.0 Å². The highest BCUT2D eigenvalue weighted by Crippen LogP contribution is 2.36. The number of nitrogens with one attached hydrogen (secondary N) is 1. The summed E-state index contributed by atoms with van der Waals surface area (Å²) in [6.07, 6.45) is 0. The minimum atomic E-state index is 0.505. The summed E-state index contributed by atoms with van der Waals surface area (Å²) in [5.74, 6) is 1.48. The molecule has 0 spiro atoms. The molecule has 2 aromatic rings. The van der Waals surface area contributed by atoms with Crippen LogP contribution < -0.4 is 5.32 Å². The fourth-order valence-corrected chi connectivity index (χ4v) is 2.90. The number of hydrogen-bond donors (Lipinski definition) is 1. The zero-order valence-electron chi connectivity index (χ0n) is 11.9. The molecule has 0 amide bonds. The first-order chi connectivity index (χ1) is 9.54. The molecule has 0 unspecified atom stereocenters. The van der Waals surface area contributed by atoms with E-state index in [2.05, 4.69) is 35.1 Å². The van der Waals surface area contributed by atoms with Gasteiger partial charge in [0.05, 0.1) is 18.2 Å². The molecule has 0 saturated carbocycles. The van der Waals surface area contributed by atoms with Crippen molar-refractivity contribution in [3.8, 4) is 0 Å². The molecule has 1 aromatic carbocycles. The van der Waals surface area contributed by atoms with Gasteiger partial charge >= 0.3 is 0 Å². The number of methoxy groups -OCH3 is 1. The first-order valence-corrected chi connectivity index (χ1v) is 7.79. The number of furan rings is 1. The normalized spacial score (nSPS) is 11.7. The van der Waals surface area contributed by atoms with Gasteiger partial charge in [0, 0.05) is 22.5 Å². The van der Waals surface area contributed by atoms with Crippen LogP contribution in [0, 0.1) is 5.92 Å². The Kier molecular flexibility index (Phi) is 5.49. The molecule has 0 aliphatic heterocycles. The van der Waals surface area contributed by atoms with Crippen LogP contribution in [0.2, 0.25) is 5.02 Å². The Bertz CT molecular complexity index is 595. The van der Waals surface area contributed by atoms with Crippen LogP contribution in [-0.4, -0.2) is 13.7 Å². The molecule has 1 aromatic heterocycles. The van der Waals surface area contributed by atoms with Crippen molar-refractivity contribution >= 4 is 38.5 Å². The van der Waals surface area contributed by atoms with Crippen molar-refractivity contribution < 1.29 is 9.15 Å². The van der Waals surface area contributed by atoms with E-state index in [9.17, 15) is 0 Å². The third kappa shape index (κ3) is 3.37. The van der Waals surface area contributed by atoms with E-state index in [1.165, 1.54) is 0 Å². The molecule has 3 nitrogen and oxygen atoms in total. The molecule has 0 radical (unpaired) electrons. The van der Waals surface area contributed by atoms with E-state index >= 15 is 0 Å². The minimum Gasteiger partial charge on any atom is -0.458 e. The third-order valence-electron chi connectivity index (χ3n) is 3.05. The molecule has 5 heteroatoms. The summed E-state index contributed by atoms with van der Waals surface area (Å²) in [5, 5.41) is 5.01. The lowest BCUT2D eigenvalue weighted by Gasteiger charge is -2.07. The van der Waals surface area contributed by atoms with Crippen LogP contribution in [0.4, 0.5) is 0 Å². The molecule has 0 fully saturated rings. The van der Waals surface area contributed by atoms with Crippen LogP contribution in [0.25, 0.3) is 11.0 Å². The predicted molar refractivity (Wildman–Crippen MR) is 86.2 cm³/mol. The topological polar surface area (TPSA) is 34.4 Å². The van der Waals surface area contributed by atoms with Gasteiger partial charge in [-0.05, 0) is 24.6 Å². The number of benzene rings is 1. The lowest BCUT2D eigenvalue weighted by atomic mass is 10.1. The van der Waals surface area contributed by atoms with Crippen molar-refractivity contribution in [1.29, 1.82) is 0 Å². The second kappa shape index (κ2) is 6.94. The summed E-state index contributed by atoms with van der Waals surface area (Å²) in [6, 6.07) is 3.77. The van der Waals surface area contributed by atoms with E-state index in [-0.39, 0.29) is 0 Å². The molecule has 1 heterocycles. The van der Waals surface area contributed by atoms with Crippen LogP contribution >= 0.6 is 27.5 Å².